The van der Waals surface area contributed by atoms with Gasteiger partial charge in [-0.15, -0.1) is 0 Å². The Kier molecular flexibility index (Phi) is 11.7. The van der Waals surface area contributed by atoms with Crippen molar-refractivity contribution in [3.05, 3.63) is 102 Å². The number of fused-ring (bicyclic) bond motifs is 1. The third kappa shape index (κ3) is 9.43. The number of likely N-dealkylation sites (tertiary alicyclic amines) is 1. The Morgan fingerprint density at radius 1 is 0.873 bits per heavy atom. The minimum absolute atomic E-state index is 0.0462. The number of rotatable bonds is 11. The number of amides is 4. The number of H-pyrrole nitrogens is 1. The van der Waals surface area contributed by atoms with Crippen molar-refractivity contribution in [3.8, 4) is 28.3 Å². The molecule has 3 N–H and O–H groups in total. The topological polar surface area (TPSA) is 175 Å². The quantitative estimate of drug-likeness (QED) is 0.118. The summed E-state index contributed by atoms with van der Waals surface area (Å²) in [4.78, 5) is 60.1. The molecule has 0 spiro atoms. The van der Waals surface area contributed by atoms with Gasteiger partial charge in [-0.1, -0.05) is 38.1 Å². The number of nitrogens with zero attached hydrogens (tertiary/aromatic N) is 7. The third-order valence-electron chi connectivity index (χ3n) is 12.5. The predicted molar refractivity (Wildman–Crippen MR) is 241 cm³/mol. The number of urea groups is 1. The van der Waals surface area contributed by atoms with E-state index >= 15 is 0 Å². The van der Waals surface area contributed by atoms with Gasteiger partial charge >= 0.3 is 17.8 Å². The standard InChI is InChI=1S/C48H54N10O5/c1-30-25-33(5-6-34(30)27-49-44(60)45-54-46(55-63-45)48(2,3)4)42-39-26-40(52-43(39)51-29-50-42)32-7-13-37(14-8-32)62-38-17-20-56(21-18-38)28-31-15-22-57(23-16-31)35-9-11-36(12-10-35)58-24-19-41(59)53-47(58)61/h5-14,25-26,29,31,38H,15-24,27-28H2,1-4H3,(H,49,60)(H,50,51,52)(H,53,59,61). The summed E-state index contributed by atoms with van der Waals surface area (Å²) in [5, 5.41) is 10.2. The van der Waals surface area contributed by atoms with Gasteiger partial charge in [0.05, 0.1) is 5.69 Å². The maximum absolute atomic E-state index is 12.7. The van der Waals surface area contributed by atoms with Gasteiger partial charge in [0, 0.05) is 85.7 Å². The van der Waals surface area contributed by atoms with E-state index in [4.69, 9.17) is 9.26 Å². The van der Waals surface area contributed by atoms with Gasteiger partial charge in [0.25, 0.3) is 0 Å². The van der Waals surface area contributed by atoms with Crippen LogP contribution in [0.1, 0.15) is 80.5 Å². The lowest BCUT2D eigenvalue weighted by Gasteiger charge is -2.38. The summed E-state index contributed by atoms with van der Waals surface area (Å²) < 4.78 is 11.7. The average molecular weight is 851 g/mol. The van der Waals surface area contributed by atoms with Crippen LogP contribution in [0.3, 0.4) is 0 Å². The fourth-order valence-electron chi connectivity index (χ4n) is 8.75. The van der Waals surface area contributed by atoms with Crippen LogP contribution in [0.25, 0.3) is 33.5 Å². The Morgan fingerprint density at radius 3 is 2.30 bits per heavy atom. The molecular formula is C48H54N10O5. The van der Waals surface area contributed by atoms with Crippen molar-refractivity contribution in [2.45, 2.75) is 77.9 Å². The third-order valence-corrected chi connectivity index (χ3v) is 12.5. The van der Waals surface area contributed by atoms with Crippen LogP contribution in [-0.4, -0.2) is 93.2 Å². The van der Waals surface area contributed by atoms with Crippen LogP contribution in [0.5, 0.6) is 5.75 Å². The Labute approximate surface area is 366 Å². The molecule has 0 bridgehead atoms. The molecule has 63 heavy (non-hydrogen) atoms. The zero-order valence-electron chi connectivity index (χ0n) is 36.3. The lowest BCUT2D eigenvalue weighted by molar-refractivity contribution is -0.120. The number of hydrogen-bond donors (Lipinski definition) is 3. The summed E-state index contributed by atoms with van der Waals surface area (Å²) in [5.41, 5.74) is 8.19. The highest BCUT2D eigenvalue weighted by atomic mass is 16.5. The number of aromatic amines is 1. The first-order chi connectivity index (χ1) is 30.4. The fraction of sp³-hybridized carbons (Fsp3) is 0.396. The molecular weight excluding hydrogens is 797 g/mol. The van der Waals surface area contributed by atoms with Crippen molar-refractivity contribution in [2.75, 3.05) is 49.1 Å². The van der Waals surface area contributed by atoms with Gasteiger partial charge < -0.3 is 29.4 Å². The first-order valence-corrected chi connectivity index (χ1v) is 22.0. The van der Waals surface area contributed by atoms with Gasteiger partial charge in [0.2, 0.25) is 5.91 Å². The van der Waals surface area contributed by atoms with E-state index < -0.39 is 5.91 Å². The first kappa shape index (κ1) is 41.7. The van der Waals surface area contributed by atoms with Crippen molar-refractivity contribution < 1.29 is 23.6 Å². The second-order valence-electron chi connectivity index (χ2n) is 18.0. The molecule has 3 aliphatic rings. The number of nitrogens with one attached hydrogen (secondary N) is 3. The molecule has 0 atom stereocenters. The van der Waals surface area contributed by atoms with Gasteiger partial charge in [-0.2, -0.15) is 4.98 Å². The number of hydrogen-bond acceptors (Lipinski definition) is 11. The normalized spacial score (nSPS) is 17.0. The molecule has 6 aromatic rings. The number of aryl methyl sites for hydroxylation is 1. The molecule has 15 nitrogen and oxygen atoms in total. The van der Waals surface area contributed by atoms with E-state index in [1.807, 2.05) is 52.0 Å². The molecule has 0 unspecified atom stereocenters. The first-order valence-electron chi connectivity index (χ1n) is 22.0. The lowest BCUT2D eigenvalue weighted by atomic mass is 9.94. The average Bonchev–Trinajstić information content (AvgIpc) is 3.97. The van der Waals surface area contributed by atoms with Gasteiger partial charge in [-0.25, -0.2) is 14.8 Å². The molecule has 326 valence electrons. The number of benzene rings is 3. The predicted octanol–water partition coefficient (Wildman–Crippen LogP) is 7.42. The molecule has 3 aliphatic heterocycles. The molecule has 4 amide bonds. The second-order valence-corrected chi connectivity index (χ2v) is 18.0. The number of ether oxygens (including phenoxy) is 1. The van der Waals surface area contributed by atoms with Gasteiger partial charge in [-0.3, -0.25) is 19.8 Å². The van der Waals surface area contributed by atoms with Crippen molar-refractivity contribution in [2.24, 2.45) is 5.92 Å². The monoisotopic (exact) mass is 850 g/mol. The van der Waals surface area contributed by atoms with Crippen LogP contribution >= 0.6 is 0 Å². The molecule has 3 aromatic heterocycles. The molecule has 3 saturated heterocycles. The molecule has 0 saturated carbocycles. The SMILES string of the molecule is Cc1cc(-c2ncnc3[nH]c(-c4ccc(OC5CCN(CC6CCN(c7ccc(N8CCC(=O)NC8=O)cc7)CC6)CC5)cc4)cc23)ccc1CNC(=O)c1nc(C(C)(C)C)no1. The second kappa shape index (κ2) is 17.6. The largest absolute Gasteiger partial charge is 0.490 e. The zero-order chi connectivity index (χ0) is 43.7. The summed E-state index contributed by atoms with van der Waals surface area (Å²) in [5.74, 6) is 1.37. The zero-order valence-corrected chi connectivity index (χ0v) is 36.3. The number of carbonyl (C=O) groups excluding carboxylic acids is 3. The molecule has 3 fully saturated rings. The molecule has 0 aliphatic carbocycles. The highest BCUT2D eigenvalue weighted by Gasteiger charge is 2.28. The lowest BCUT2D eigenvalue weighted by Crippen LogP contribution is -2.49. The minimum Gasteiger partial charge on any atom is -0.490 e. The molecule has 3 aromatic carbocycles. The Hall–Kier alpha value is -6.61. The molecule has 9 rings (SSSR count). The number of imide groups is 1. The maximum Gasteiger partial charge on any atom is 0.328 e. The summed E-state index contributed by atoms with van der Waals surface area (Å²) >= 11 is 0. The van der Waals surface area contributed by atoms with Gasteiger partial charge in [0.15, 0.2) is 5.82 Å². The van der Waals surface area contributed by atoms with Crippen LogP contribution in [-0.2, 0) is 16.8 Å². The van der Waals surface area contributed by atoms with E-state index in [1.165, 1.54) is 5.69 Å². The van der Waals surface area contributed by atoms with E-state index in [0.29, 0.717) is 31.3 Å². The van der Waals surface area contributed by atoms with E-state index in [1.54, 1.807) is 11.2 Å². The summed E-state index contributed by atoms with van der Waals surface area (Å²) in [6.45, 7) is 13.9. The van der Waals surface area contributed by atoms with Gasteiger partial charge in [-0.05, 0) is 116 Å². The van der Waals surface area contributed by atoms with Crippen LogP contribution in [0.15, 0.2) is 83.6 Å². The molecule has 0 radical (unpaired) electrons. The van der Waals surface area contributed by atoms with Crippen LogP contribution in [0, 0.1) is 12.8 Å². The van der Waals surface area contributed by atoms with E-state index in [-0.39, 0.29) is 29.3 Å². The molecule has 6 heterocycles. The number of aromatic nitrogens is 5. The summed E-state index contributed by atoms with van der Waals surface area (Å²) in [6, 6.07) is 24.3. The van der Waals surface area contributed by atoms with E-state index in [2.05, 4.69) is 94.1 Å². The van der Waals surface area contributed by atoms with Gasteiger partial charge in [0.1, 0.15) is 23.8 Å². The van der Waals surface area contributed by atoms with Crippen LogP contribution in [0.2, 0.25) is 0 Å². The summed E-state index contributed by atoms with van der Waals surface area (Å²) in [7, 11) is 0. The minimum atomic E-state index is -0.408. The maximum atomic E-state index is 12.7. The molecule has 15 heteroatoms. The Bertz CT molecular complexity index is 2600. The van der Waals surface area contributed by atoms with Crippen LogP contribution in [0.4, 0.5) is 16.2 Å². The summed E-state index contributed by atoms with van der Waals surface area (Å²) in [6.07, 6.45) is 6.42. The Balaban J connectivity index is 0.740. The fourth-order valence-corrected chi connectivity index (χ4v) is 8.75. The number of anilines is 2. The van der Waals surface area contributed by atoms with Crippen LogP contribution < -0.4 is 25.2 Å². The van der Waals surface area contributed by atoms with Crippen molar-refractivity contribution in [1.29, 1.82) is 0 Å². The van der Waals surface area contributed by atoms with Crippen molar-refractivity contribution in [3.63, 3.8) is 0 Å². The van der Waals surface area contributed by atoms with Crippen molar-refractivity contribution in [1.82, 2.24) is 40.6 Å². The van der Waals surface area contributed by atoms with E-state index in [0.717, 1.165) is 115 Å². The smallest absolute Gasteiger partial charge is 0.328 e. The number of piperidine rings is 2. The van der Waals surface area contributed by atoms with Crippen molar-refractivity contribution >= 4 is 40.3 Å². The number of carbonyl (C=O) groups is 3. The van der Waals surface area contributed by atoms with E-state index in [9.17, 15) is 14.4 Å². The highest BCUT2D eigenvalue weighted by molar-refractivity contribution is 6.05. The highest BCUT2D eigenvalue weighted by Crippen LogP contribution is 2.33. The Morgan fingerprint density at radius 2 is 1.60 bits per heavy atom.